The van der Waals surface area contributed by atoms with Gasteiger partial charge in [0.15, 0.2) is 5.76 Å². The second-order valence-corrected chi connectivity index (χ2v) is 7.44. The van der Waals surface area contributed by atoms with E-state index in [1.165, 1.54) is 12.5 Å². The van der Waals surface area contributed by atoms with Gasteiger partial charge in [0.1, 0.15) is 10.6 Å². The van der Waals surface area contributed by atoms with Gasteiger partial charge in [-0.05, 0) is 32.3 Å². The van der Waals surface area contributed by atoms with Crippen LogP contribution in [0.4, 0.5) is 0 Å². The fourth-order valence-electron chi connectivity index (χ4n) is 2.48. The summed E-state index contributed by atoms with van der Waals surface area (Å²) in [6.07, 6.45) is 1.80. The molecule has 2 N–H and O–H groups in total. The maximum Gasteiger partial charge on any atom is 0.245 e. The highest BCUT2D eigenvalue weighted by Crippen LogP contribution is 2.18. The molecular formula is C17H23N3O4S. The van der Waals surface area contributed by atoms with Crippen LogP contribution in [0, 0.1) is 13.8 Å². The van der Waals surface area contributed by atoms with E-state index >= 15 is 0 Å². The first kappa shape index (κ1) is 19.1. The van der Waals surface area contributed by atoms with Gasteiger partial charge in [0.2, 0.25) is 15.9 Å². The van der Waals surface area contributed by atoms with Crippen LogP contribution in [-0.4, -0.2) is 32.6 Å². The Balaban J connectivity index is 1.68. The second-order valence-electron chi connectivity index (χ2n) is 5.74. The SMILES string of the molecule is Cc1noc(C)c1S(=O)(=O)NCCC(=O)NCCCc1ccccc1. The largest absolute Gasteiger partial charge is 0.360 e. The van der Waals surface area contributed by atoms with Crippen LogP contribution in [0.5, 0.6) is 0 Å². The topological polar surface area (TPSA) is 101 Å². The molecule has 1 heterocycles. The number of hydrogen-bond acceptors (Lipinski definition) is 5. The zero-order chi connectivity index (χ0) is 18.3. The minimum absolute atomic E-state index is 0.0247. The van der Waals surface area contributed by atoms with E-state index in [1.807, 2.05) is 30.3 Å². The number of nitrogens with zero attached hydrogens (tertiary/aromatic N) is 1. The Morgan fingerprint density at radius 1 is 1.16 bits per heavy atom. The molecular weight excluding hydrogens is 342 g/mol. The summed E-state index contributed by atoms with van der Waals surface area (Å²) in [5, 5.41) is 6.42. The average Bonchev–Trinajstić information content (AvgIpc) is 2.92. The van der Waals surface area contributed by atoms with E-state index in [4.69, 9.17) is 4.52 Å². The lowest BCUT2D eigenvalue weighted by molar-refractivity contribution is -0.120. The van der Waals surface area contributed by atoms with Crippen molar-refractivity contribution in [2.75, 3.05) is 13.1 Å². The first-order valence-corrected chi connectivity index (χ1v) is 9.61. The summed E-state index contributed by atoms with van der Waals surface area (Å²) < 4.78 is 31.6. The van der Waals surface area contributed by atoms with Crippen molar-refractivity contribution in [2.45, 2.75) is 38.0 Å². The summed E-state index contributed by atoms with van der Waals surface area (Å²) in [4.78, 5) is 11.8. The monoisotopic (exact) mass is 365 g/mol. The molecule has 0 unspecified atom stereocenters. The third kappa shape index (κ3) is 5.68. The maximum atomic E-state index is 12.2. The lowest BCUT2D eigenvalue weighted by atomic mass is 10.1. The van der Waals surface area contributed by atoms with Gasteiger partial charge in [0.25, 0.3) is 0 Å². The quantitative estimate of drug-likeness (QED) is 0.659. The Hall–Kier alpha value is -2.19. The normalized spacial score (nSPS) is 11.4. The number of nitrogens with one attached hydrogen (secondary N) is 2. The van der Waals surface area contributed by atoms with E-state index in [9.17, 15) is 13.2 Å². The summed E-state index contributed by atoms with van der Waals surface area (Å²) in [6, 6.07) is 10.0. The van der Waals surface area contributed by atoms with Gasteiger partial charge in [0.05, 0.1) is 0 Å². The van der Waals surface area contributed by atoms with Crippen LogP contribution in [0.1, 0.15) is 29.9 Å². The van der Waals surface area contributed by atoms with Crippen molar-refractivity contribution in [3.63, 3.8) is 0 Å². The van der Waals surface area contributed by atoms with Crippen molar-refractivity contribution in [3.8, 4) is 0 Å². The summed E-state index contributed by atoms with van der Waals surface area (Å²) in [5.74, 6) is 0.0462. The molecule has 0 spiro atoms. The first-order valence-electron chi connectivity index (χ1n) is 8.13. The van der Waals surface area contributed by atoms with Crippen LogP contribution < -0.4 is 10.0 Å². The molecule has 0 saturated heterocycles. The Morgan fingerprint density at radius 2 is 1.88 bits per heavy atom. The van der Waals surface area contributed by atoms with Crippen molar-refractivity contribution in [2.24, 2.45) is 0 Å². The standard InChI is InChI=1S/C17H23N3O4S/c1-13-17(14(2)24-20-13)25(22,23)19-12-10-16(21)18-11-6-9-15-7-4-3-5-8-15/h3-5,7-8,19H,6,9-12H2,1-2H3,(H,18,21). The number of aryl methyl sites for hydroxylation is 3. The number of benzene rings is 1. The molecule has 25 heavy (non-hydrogen) atoms. The second kappa shape index (κ2) is 8.77. The van der Waals surface area contributed by atoms with Crippen molar-refractivity contribution in [1.29, 1.82) is 0 Å². The van der Waals surface area contributed by atoms with Gasteiger partial charge in [-0.2, -0.15) is 0 Å². The molecule has 0 aliphatic heterocycles. The van der Waals surface area contributed by atoms with Crippen molar-refractivity contribution < 1.29 is 17.7 Å². The summed E-state index contributed by atoms with van der Waals surface area (Å²) in [5.41, 5.74) is 1.53. The number of carbonyl (C=O) groups excluding carboxylic acids is 1. The molecule has 136 valence electrons. The Morgan fingerprint density at radius 3 is 2.52 bits per heavy atom. The minimum Gasteiger partial charge on any atom is -0.360 e. The Bertz CT molecular complexity index is 781. The van der Waals surface area contributed by atoms with Gasteiger partial charge in [0, 0.05) is 19.5 Å². The molecule has 0 radical (unpaired) electrons. The van der Waals surface area contributed by atoms with Crippen LogP contribution >= 0.6 is 0 Å². The molecule has 0 aliphatic carbocycles. The van der Waals surface area contributed by atoms with Crippen molar-refractivity contribution >= 4 is 15.9 Å². The number of carbonyl (C=O) groups is 1. The molecule has 1 aromatic heterocycles. The van der Waals surface area contributed by atoms with E-state index < -0.39 is 10.0 Å². The number of hydrogen-bond donors (Lipinski definition) is 2. The van der Waals surface area contributed by atoms with Crippen LogP contribution in [0.3, 0.4) is 0 Å². The lowest BCUT2D eigenvalue weighted by Crippen LogP contribution is -2.31. The number of aromatic nitrogens is 1. The maximum absolute atomic E-state index is 12.2. The van der Waals surface area contributed by atoms with Crippen LogP contribution in [-0.2, 0) is 21.2 Å². The van der Waals surface area contributed by atoms with Crippen LogP contribution in [0.15, 0.2) is 39.8 Å². The molecule has 1 amide bonds. The summed E-state index contributed by atoms with van der Waals surface area (Å²) >= 11 is 0. The number of amides is 1. The molecule has 0 bridgehead atoms. The van der Waals surface area contributed by atoms with E-state index in [2.05, 4.69) is 15.2 Å². The molecule has 2 aromatic rings. The lowest BCUT2D eigenvalue weighted by Gasteiger charge is -2.07. The molecule has 1 aromatic carbocycles. The van der Waals surface area contributed by atoms with Gasteiger partial charge in [-0.15, -0.1) is 0 Å². The van der Waals surface area contributed by atoms with Gasteiger partial charge in [-0.3, -0.25) is 4.79 Å². The van der Waals surface area contributed by atoms with E-state index in [1.54, 1.807) is 6.92 Å². The predicted molar refractivity (Wildman–Crippen MR) is 93.6 cm³/mol. The van der Waals surface area contributed by atoms with Crippen LogP contribution in [0.2, 0.25) is 0 Å². The summed E-state index contributed by atoms with van der Waals surface area (Å²) in [7, 11) is -3.72. The van der Waals surface area contributed by atoms with E-state index in [0.717, 1.165) is 12.8 Å². The third-order valence-electron chi connectivity index (χ3n) is 3.69. The smallest absolute Gasteiger partial charge is 0.245 e. The van der Waals surface area contributed by atoms with Gasteiger partial charge in [-0.25, -0.2) is 13.1 Å². The fraction of sp³-hybridized carbons (Fsp3) is 0.412. The molecule has 8 heteroatoms. The molecule has 0 saturated carbocycles. The predicted octanol–water partition coefficient (Wildman–Crippen LogP) is 1.71. The van der Waals surface area contributed by atoms with Crippen molar-refractivity contribution in [3.05, 3.63) is 47.3 Å². The average molecular weight is 365 g/mol. The van der Waals surface area contributed by atoms with Gasteiger partial charge >= 0.3 is 0 Å². The van der Waals surface area contributed by atoms with Gasteiger partial charge in [-0.1, -0.05) is 35.5 Å². The van der Waals surface area contributed by atoms with E-state index in [-0.39, 0.29) is 29.5 Å². The molecule has 0 atom stereocenters. The van der Waals surface area contributed by atoms with Crippen molar-refractivity contribution in [1.82, 2.24) is 15.2 Å². The highest BCUT2D eigenvalue weighted by atomic mass is 32.2. The zero-order valence-electron chi connectivity index (χ0n) is 14.4. The Kier molecular flexibility index (Phi) is 6.72. The number of sulfonamides is 1. The van der Waals surface area contributed by atoms with Gasteiger partial charge < -0.3 is 9.84 Å². The zero-order valence-corrected chi connectivity index (χ0v) is 15.2. The molecule has 0 aliphatic rings. The number of rotatable bonds is 9. The van der Waals surface area contributed by atoms with E-state index in [0.29, 0.717) is 12.2 Å². The minimum atomic E-state index is -3.72. The van der Waals surface area contributed by atoms with Crippen LogP contribution in [0.25, 0.3) is 0 Å². The highest BCUT2D eigenvalue weighted by molar-refractivity contribution is 7.89. The summed E-state index contributed by atoms with van der Waals surface area (Å²) in [6.45, 7) is 3.68. The molecule has 2 rings (SSSR count). The molecule has 0 fully saturated rings. The Labute approximate surface area is 147 Å². The molecule has 7 nitrogen and oxygen atoms in total. The third-order valence-corrected chi connectivity index (χ3v) is 5.39. The fourth-order valence-corrected chi connectivity index (χ4v) is 3.84. The highest BCUT2D eigenvalue weighted by Gasteiger charge is 2.23. The first-order chi connectivity index (χ1) is 11.9.